The minimum Gasteiger partial charge on any atom is -0.356 e. The minimum absolute atomic E-state index is 0.165. The highest BCUT2D eigenvalue weighted by molar-refractivity contribution is 5.51. The van der Waals surface area contributed by atoms with Gasteiger partial charge >= 0.3 is 0 Å². The summed E-state index contributed by atoms with van der Waals surface area (Å²) in [6.07, 6.45) is 4.67. The van der Waals surface area contributed by atoms with Gasteiger partial charge in [-0.2, -0.15) is 5.10 Å². The quantitative estimate of drug-likeness (QED) is 0.840. The van der Waals surface area contributed by atoms with E-state index in [0.29, 0.717) is 11.6 Å². The van der Waals surface area contributed by atoms with E-state index in [-0.39, 0.29) is 5.69 Å². The van der Waals surface area contributed by atoms with E-state index in [2.05, 4.69) is 22.1 Å². The van der Waals surface area contributed by atoms with Crippen LogP contribution in [0.15, 0.2) is 18.5 Å². The van der Waals surface area contributed by atoms with Gasteiger partial charge in [0.25, 0.3) is 6.43 Å². The summed E-state index contributed by atoms with van der Waals surface area (Å²) in [5, 5.41) is 8.92. The molecule has 0 aliphatic heterocycles. The Morgan fingerprint density at radius 2 is 2.12 bits per heavy atom. The molecule has 2 N–H and O–H groups in total. The fraction of sp³-hybridized carbons (Fsp3) is 0.583. The van der Waals surface area contributed by atoms with Crippen molar-refractivity contribution in [1.29, 1.82) is 0 Å². The Labute approximate surface area is 99.3 Å². The lowest BCUT2D eigenvalue weighted by Crippen LogP contribution is -2.14. The Bertz CT molecular complexity index is 381. The van der Waals surface area contributed by atoms with Crippen molar-refractivity contribution in [2.75, 3.05) is 5.32 Å². The second-order valence-corrected chi connectivity index (χ2v) is 4.48. The molecule has 0 spiro atoms. The van der Waals surface area contributed by atoms with Crippen LogP contribution in [0, 0.1) is 5.92 Å². The number of rotatable bonds is 4. The number of alkyl halides is 2. The van der Waals surface area contributed by atoms with Crippen LogP contribution in [0.3, 0.4) is 0 Å². The Kier molecular flexibility index (Phi) is 3.76. The lowest BCUT2D eigenvalue weighted by molar-refractivity contribution is 0.146. The minimum atomic E-state index is -2.54. The van der Waals surface area contributed by atoms with E-state index < -0.39 is 6.43 Å². The van der Waals surface area contributed by atoms with Crippen LogP contribution >= 0.6 is 0 Å². The molecule has 0 aromatic carbocycles. The highest BCUT2D eigenvalue weighted by atomic mass is 19.3. The standard InChI is InChI=1S/C12H17F2N3/c1-8(9-5-3-2-4-6-9)16-10-7-15-17-11(10)12(13)14/h7,9,12,16H,1-6H2,(H,15,17). The van der Waals surface area contributed by atoms with Gasteiger partial charge in [-0.3, -0.25) is 5.10 Å². The molecule has 1 heterocycles. The predicted octanol–water partition coefficient (Wildman–Crippen LogP) is 3.85. The number of nitrogens with one attached hydrogen (secondary N) is 2. The van der Waals surface area contributed by atoms with Gasteiger partial charge in [0, 0.05) is 5.70 Å². The zero-order valence-electron chi connectivity index (χ0n) is 9.68. The zero-order valence-corrected chi connectivity index (χ0v) is 9.68. The van der Waals surface area contributed by atoms with Crippen LogP contribution in [0.4, 0.5) is 14.5 Å². The van der Waals surface area contributed by atoms with Crippen LogP contribution in [0.2, 0.25) is 0 Å². The fourth-order valence-corrected chi connectivity index (χ4v) is 2.29. The summed E-state index contributed by atoms with van der Waals surface area (Å²) in [6.45, 7) is 3.96. The second kappa shape index (κ2) is 5.29. The lowest BCUT2D eigenvalue weighted by atomic mass is 9.87. The average Bonchev–Trinajstić information content (AvgIpc) is 2.78. The van der Waals surface area contributed by atoms with E-state index in [0.717, 1.165) is 18.5 Å². The number of anilines is 1. The van der Waals surface area contributed by atoms with Gasteiger partial charge in [-0.1, -0.05) is 25.8 Å². The van der Waals surface area contributed by atoms with Crippen LogP contribution in [-0.4, -0.2) is 10.2 Å². The molecule has 1 aliphatic carbocycles. The van der Waals surface area contributed by atoms with Crippen LogP contribution in [0.25, 0.3) is 0 Å². The Morgan fingerprint density at radius 3 is 2.76 bits per heavy atom. The summed E-state index contributed by atoms with van der Waals surface area (Å²) in [5.41, 5.74) is 1.01. The van der Waals surface area contributed by atoms with Crippen LogP contribution in [0.5, 0.6) is 0 Å². The summed E-state index contributed by atoms with van der Waals surface area (Å²) >= 11 is 0. The molecule has 1 aromatic heterocycles. The number of allylic oxidation sites excluding steroid dienone is 1. The highest BCUT2D eigenvalue weighted by Crippen LogP contribution is 2.31. The molecule has 0 radical (unpaired) electrons. The first-order valence-corrected chi connectivity index (χ1v) is 5.95. The van der Waals surface area contributed by atoms with E-state index in [1.807, 2.05) is 0 Å². The Morgan fingerprint density at radius 1 is 1.41 bits per heavy atom. The number of hydrogen-bond donors (Lipinski definition) is 2. The van der Waals surface area contributed by atoms with E-state index in [1.165, 1.54) is 25.5 Å². The van der Waals surface area contributed by atoms with Crippen molar-refractivity contribution in [2.45, 2.75) is 38.5 Å². The zero-order chi connectivity index (χ0) is 12.3. The van der Waals surface area contributed by atoms with Crippen LogP contribution < -0.4 is 5.32 Å². The number of hydrogen-bond acceptors (Lipinski definition) is 2. The SMILES string of the molecule is C=C(Nc1cn[nH]c1C(F)F)C1CCCCC1. The van der Waals surface area contributed by atoms with Gasteiger partial charge in [0.15, 0.2) is 0 Å². The molecule has 1 aliphatic rings. The van der Waals surface area contributed by atoms with Gasteiger partial charge in [0.1, 0.15) is 5.69 Å². The third-order valence-corrected chi connectivity index (χ3v) is 3.28. The molecular weight excluding hydrogens is 224 g/mol. The van der Waals surface area contributed by atoms with Gasteiger partial charge < -0.3 is 5.32 Å². The van der Waals surface area contributed by atoms with Crippen LogP contribution in [0.1, 0.15) is 44.2 Å². The maximum absolute atomic E-state index is 12.6. The number of H-pyrrole nitrogens is 1. The number of halogens is 2. The lowest BCUT2D eigenvalue weighted by Gasteiger charge is -2.24. The van der Waals surface area contributed by atoms with Crippen molar-refractivity contribution in [3.05, 3.63) is 24.2 Å². The summed E-state index contributed by atoms with van der Waals surface area (Å²) in [4.78, 5) is 0. The summed E-state index contributed by atoms with van der Waals surface area (Å²) in [5.74, 6) is 0.393. The van der Waals surface area contributed by atoms with E-state index >= 15 is 0 Å². The van der Waals surface area contributed by atoms with Gasteiger partial charge in [-0.15, -0.1) is 0 Å². The fourth-order valence-electron chi connectivity index (χ4n) is 2.29. The molecule has 0 bridgehead atoms. The molecule has 0 saturated heterocycles. The maximum Gasteiger partial charge on any atom is 0.281 e. The van der Waals surface area contributed by atoms with E-state index in [1.54, 1.807) is 0 Å². The first-order chi connectivity index (χ1) is 8.18. The summed E-state index contributed by atoms with van der Waals surface area (Å²) in [7, 11) is 0. The molecule has 17 heavy (non-hydrogen) atoms. The third-order valence-electron chi connectivity index (χ3n) is 3.28. The molecule has 1 aromatic rings. The van der Waals surface area contributed by atoms with Crippen molar-refractivity contribution in [1.82, 2.24) is 10.2 Å². The second-order valence-electron chi connectivity index (χ2n) is 4.48. The van der Waals surface area contributed by atoms with Gasteiger partial charge in [0.05, 0.1) is 11.9 Å². The van der Waals surface area contributed by atoms with Crippen molar-refractivity contribution >= 4 is 5.69 Å². The number of aromatic nitrogens is 2. The van der Waals surface area contributed by atoms with Gasteiger partial charge in [-0.05, 0) is 18.8 Å². The molecule has 0 amide bonds. The highest BCUT2D eigenvalue weighted by Gasteiger charge is 2.20. The number of aromatic amines is 1. The molecule has 94 valence electrons. The maximum atomic E-state index is 12.6. The molecular formula is C12H17F2N3. The molecule has 2 rings (SSSR count). The van der Waals surface area contributed by atoms with E-state index in [9.17, 15) is 8.78 Å². The summed E-state index contributed by atoms with van der Waals surface area (Å²) in [6, 6.07) is 0. The average molecular weight is 241 g/mol. The molecule has 1 saturated carbocycles. The van der Waals surface area contributed by atoms with Gasteiger partial charge in [-0.25, -0.2) is 8.78 Å². The molecule has 5 heteroatoms. The molecule has 0 atom stereocenters. The van der Waals surface area contributed by atoms with Crippen molar-refractivity contribution in [2.24, 2.45) is 5.92 Å². The summed E-state index contributed by atoms with van der Waals surface area (Å²) < 4.78 is 25.2. The van der Waals surface area contributed by atoms with Crippen molar-refractivity contribution in [3.63, 3.8) is 0 Å². The Balaban J connectivity index is 1.99. The topological polar surface area (TPSA) is 40.7 Å². The first kappa shape index (κ1) is 12.1. The van der Waals surface area contributed by atoms with Gasteiger partial charge in [0.2, 0.25) is 0 Å². The van der Waals surface area contributed by atoms with Crippen molar-refractivity contribution in [3.8, 4) is 0 Å². The molecule has 3 nitrogen and oxygen atoms in total. The van der Waals surface area contributed by atoms with Crippen molar-refractivity contribution < 1.29 is 8.78 Å². The monoisotopic (exact) mass is 241 g/mol. The predicted molar refractivity (Wildman–Crippen MR) is 62.9 cm³/mol. The number of nitrogens with zero attached hydrogens (tertiary/aromatic N) is 1. The molecule has 0 unspecified atom stereocenters. The smallest absolute Gasteiger partial charge is 0.281 e. The van der Waals surface area contributed by atoms with Crippen LogP contribution in [-0.2, 0) is 0 Å². The first-order valence-electron chi connectivity index (χ1n) is 5.95. The molecule has 1 fully saturated rings. The van der Waals surface area contributed by atoms with E-state index in [4.69, 9.17) is 0 Å². The third kappa shape index (κ3) is 2.84. The normalized spacial score (nSPS) is 17.4. The largest absolute Gasteiger partial charge is 0.356 e. The Hall–Kier alpha value is -1.39.